The Hall–Kier alpha value is -1.15. The minimum atomic E-state index is -3.49. The number of sulfonamides is 1. The van der Waals surface area contributed by atoms with Gasteiger partial charge in [-0.25, -0.2) is 13.1 Å². The number of nitrogens with two attached hydrogens (primary N) is 1. The van der Waals surface area contributed by atoms with E-state index in [0.717, 1.165) is 10.6 Å². The van der Waals surface area contributed by atoms with Gasteiger partial charge in [0, 0.05) is 41.3 Å². The average molecular weight is 313 g/mol. The zero-order valence-corrected chi connectivity index (χ0v) is 13.2. The number of hydrogen-bond donors (Lipinski definition) is 2. The second-order valence-corrected chi connectivity index (χ2v) is 7.63. The molecule has 2 aromatic heterocycles. The van der Waals surface area contributed by atoms with E-state index in [9.17, 15) is 8.42 Å². The Balaban J connectivity index is 2.15. The quantitative estimate of drug-likeness (QED) is 0.854. The van der Waals surface area contributed by atoms with Crippen molar-refractivity contribution in [3.8, 4) is 0 Å². The van der Waals surface area contributed by atoms with Crippen molar-refractivity contribution in [1.82, 2.24) is 9.29 Å². The Kier molecular flexibility index (Phi) is 4.64. The van der Waals surface area contributed by atoms with Gasteiger partial charge in [0.1, 0.15) is 0 Å². The van der Waals surface area contributed by atoms with Crippen LogP contribution in [0, 0.1) is 6.92 Å². The zero-order valence-electron chi connectivity index (χ0n) is 11.6. The van der Waals surface area contributed by atoms with Crippen molar-refractivity contribution >= 4 is 21.4 Å². The number of aromatic nitrogens is 1. The van der Waals surface area contributed by atoms with Crippen LogP contribution in [0.3, 0.4) is 0 Å². The van der Waals surface area contributed by atoms with Gasteiger partial charge in [-0.15, -0.1) is 11.3 Å². The normalized spacial score (nSPS) is 11.9. The lowest BCUT2D eigenvalue weighted by molar-refractivity contribution is 0.581. The summed E-state index contributed by atoms with van der Waals surface area (Å²) >= 11 is 1.59. The van der Waals surface area contributed by atoms with E-state index in [1.807, 2.05) is 30.5 Å². The third-order valence-corrected chi connectivity index (χ3v) is 5.42. The summed E-state index contributed by atoms with van der Waals surface area (Å²) in [4.78, 5) is 2.44. The first-order chi connectivity index (χ1) is 9.46. The maximum Gasteiger partial charge on any atom is 0.242 e. The summed E-state index contributed by atoms with van der Waals surface area (Å²) in [5.41, 5.74) is 6.44. The van der Waals surface area contributed by atoms with Gasteiger partial charge in [0.05, 0.1) is 4.90 Å². The van der Waals surface area contributed by atoms with Crippen molar-refractivity contribution in [1.29, 1.82) is 0 Å². The lowest BCUT2D eigenvalue weighted by Crippen LogP contribution is -2.22. The summed E-state index contributed by atoms with van der Waals surface area (Å²) in [7, 11) is -3.49. The fourth-order valence-corrected chi connectivity index (χ4v) is 3.96. The molecule has 2 rings (SSSR count). The minimum Gasteiger partial charge on any atom is -0.349 e. The van der Waals surface area contributed by atoms with E-state index in [4.69, 9.17) is 5.73 Å². The highest BCUT2D eigenvalue weighted by atomic mass is 32.2. The van der Waals surface area contributed by atoms with Gasteiger partial charge in [-0.05, 0) is 32.0 Å². The largest absolute Gasteiger partial charge is 0.349 e. The Morgan fingerprint density at radius 3 is 2.65 bits per heavy atom. The van der Waals surface area contributed by atoms with Crippen molar-refractivity contribution in [2.24, 2.45) is 5.73 Å². The maximum atomic E-state index is 12.2. The molecule has 3 N–H and O–H groups in total. The summed E-state index contributed by atoms with van der Waals surface area (Å²) in [6.07, 6.45) is 1.63. The predicted octanol–water partition coefficient (Wildman–Crippen LogP) is 1.82. The maximum absolute atomic E-state index is 12.2. The van der Waals surface area contributed by atoms with Crippen molar-refractivity contribution in [3.63, 3.8) is 0 Å². The minimum absolute atomic E-state index is 0.271. The molecule has 0 bridgehead atoms. The molecule has 0 aliphatic heterocycles. The Morgan fingerprint density at radius 2 is 2.15 bits per heavy atom. The van der Waals surface area contributed by atoms with Crippen LogP contribution in [0.1, 0.15) is 22.4 Å². The number of nitrogens with zero attached hydrogens (tertiary/aromatic N) is 1. The highest BCUT2D eigenvalue weighted by molar-refractivity contribution is 7.89. The first-order valence-corrected chi connectivity index (χ1v) is 8.70. The molecule has 0 aliphatic carbocycles. The highest BCUT2D eigenvalue weighted by Crippen LogP contribution is 2.17. The van der Waals surface area contributed by atoms with Crippen LogP contribution in [-0.2, 0) is 29.7 Å². The Labute approximate surface area is 123 Å². The molecule has 0 spiro atoms. The van der Waals surface area contributed by atoms with E-state index < -0.39 is 10.0 Å². The second-order valence-electron chi connectivity index (χ2n) is 4.49. The summed E-state index contributed by atoms with van der Waals surface area (Å²) < 4.78 is 29.0. The number of aryl methyl sites for hydroxylation is 2. The van der Waals surface area contributed by atoms with Crippen LogP contribution >= 0.6 is 11.3 Å². The van der Waals surface area contributed by atoms with Crippen LogP contribution in [0.15, 0.2) is 29.3 Å². The first-order valence-electron chi connectivity index (χ1n) is 6.40. The van der Waals surface area contributed by atoms with Gasteiger partial charge in [-0.1, -0.05) is 0 Å². The van der Waals surface area contributed by atoms with E-state index in [1.54, 1.807) is 23.6 Å². The molecule has 0 saturated carbocycles. The molecule has 0 saturated heterocycles. The molecule has 0 atom stereocenters. The monoisotopic (exact) mass is 313 g/mol. The van der Waals surface area contributed by atoms with Crippen LogP contribution in [0.25, 0.3) is 0 Å². The molecule has 0 aliphatic rings. The van der Waals surface area contributed by atoms with Crippen LogP contribution in [0.4, 0.5) is 0 Å². The summed E-state index contributed by atoms with van der Waals surface area (Å²) in [6, 6.07) is 5.55. The predicted molar refractivity (Wildman–Crippen MR) is 81.1 cm³/mol. The van der Waals surface area contributed by atoms with E-state index >= 15 is 0 Å². The lowest BCUT2D eigenvalue weighted by atomic mass is 10.4. The molecule has 0 unspecified atom stereocenters. The van der Waals surface area contributed by atoms with Gasteiger partial charge < -0.3 is 10.3 Å². The molecule has 0 fully saturated rings. The third kappa shape index (κ3) is 3.29. The molecule has 7 heteroatoms. The highest BCUT2D eigenvalue weighted by Gasteiger charge is 2.17. The van der Waals surface area contributed by atoms with Gasteiger partial charge in [0.15, 0.2) is 0 Å². The van der Waals surface area contributed by atoms with E-state index in [-0.39, 0.29) is 4.90 Å². The van der Waals surface area contributed by atoms with Gasteiger partial charge in [0.2, 0.25) is 10.0 Å². The number of thiophene rings is 1. The van der Waals surface area contributed by atoms with E-state index in [0.29, 0.717) is 19.6 Å². The van der Waals surface area contributed by atoms with Crippen molar-refractivity contribution in [2.45, 2.75) is 38.4 Å². The molecule has 0 amide bonds. The zero-order chi connectivity index (χ0) is 14.8. The Bertz CT molecular complexity index is 665. The van der Waals surface area contributed by atoms with Crippen molar-refractivity contribution in [2.75, 3.05) is 0 Å². The van der Waals surface area contributed by atoms with Crippen LogP contribution in [-0.4, -0.2) is 13.0 Å². The number of rotatable bonds is 6. The lowest BCUT2D eigenvalue weighted by Gasteiger charge is -2.03. The summed E-state index contributed by atoms with van der Waals surface area (Å²) in [5, 5.41) is 0. The molecule has 20 heavy (non-hydrogen) atoms. The fourth-order valence-electron chi connectivity index (χ4n) is 1.97. The number of nitrogens with one attached hydrogen (secondary N) is 1. The van der Waals surface area contributed by atoms with Crippen LogP contribution < -0.4 is 10.5 Å². The standard InChI is InChI=1S/C13H19N3O2S2/c1-3-16-9-13(6-11(16)7-14)20(17,18)15-8-12-5-4-10(2)19-12/h4-6,9,15H,3,7-8,14H2,1-2H3. The molecule has 2 heterocycles. The summed E-state index contributed by atoms with van der Waals surface area (Å²) in [6.45, 7) is 5.30. The SMILES string of the molecule is CCn1cc(S(=O)(=O)NCc2ccc(C)s2)cc1CN. The molecular weight excluding hydrogens is 294 g/mol. The van der Waals surface area contributed by atoms with Gasteiger partial charge in [-0.3, -0.25) is 0 Å². The number of hydrogen-bond acceptors (Lipinski definition) is 4. The van der Waals surface area contributed by atoms with Crippen molar-refractivity contribution in [3.05, 3.63) is 39.8 Å². The first kappa shape index (κ1) is 15.2. The molecule has 0 radical (unpaired) electrons. The summed E-state index contributed by atoms with van der Waals surface area (Å²) in [5.74, 6) is 0. The van der Waals surface area contributed by atoms with Crippen molar-refractivity contribution < 1.29 is 8.42 Å². The third-order valence-electron chi connectivity index (χ3n) is 3.05. The van der Waals surface area contributed by atoms with E-state index in [2.05, 4.69) is 4.72 Å². The molecule has 2 aromatic rings. The molecular formula is C13H19N3O2S2. The van der Waals surface area contributed by atoms with Gasteiger partial charge >= 0.3 is 0 Å². The fraction of sp³-hybridized carbons (Fsp3) is 0.385. The van der Waals surface area contributed by atoms with Gasteiger partial charge in [-0.2, -0.15) is 0 Å². The van der Waals surface area contributed by atoms with Crippen LogP contribution in [0.2, 0.25) is 0 Å². The molecule has 5 nitrogen and oxygen atoms in total. The van der Waals surface area contributed by atoms with Gasteiger partial charge in [0.25, 0.3) is 0 Å². The average Bonchev–Trinajstić information content (AvgIpc) is 3.02. The molecule has 110 valence electrons. The Morgan fingerprint density at radius 1 is 1.40 bits per heavy atom. The smallest absolute Gasteiger partial charge is 0.242 e. The second kappa shape index (κ2) is 6.09. The van der Waals surface area contributed by atoms with E-state index in [1.165, 1.54) is 4.88 Å². The van der Waals surface area contributed by atoms with Crippen LogP contribution in [0.5, 0.6) is 0 Å². The molecule has 0 aromatic carbocycles. The topological polar surface area (TPSA) is 77.1 Å².